The Kier molecular flexibility index (Phi) is 4.86. The topological polar surface area (TPSA) is 82.0 Å². The zero-order valence-corrected chi connectivity index (χ0v) is 20.2. The standard InChI is InChI=1S/C29H35NO5/c31-22-11-10-21-17-24-29(34-16-4-7-19-5-2-1-3-6-19)13-12-23(32)27-28(29,25(21)26(22)35-27)14-15-30(24,33)18-20-8-9-20/h1-3,5-6,10-11,20,23-24,27,31-32H,4,7-9,12-18H2/t23-,24+,27-,28?,29+,30?/m0/s1. The van der Waals surface area contributed by atoms with Crippen molar-refractivity contribution in [3.8, 4) is 11.5 Å². The van der Waals surface area contributed by atoms with Gasteiger partial charge in [-0.05, 0) is 55.7 Å². The van der Waals surface area contributed by atoms with Gasteiger partial charge in [-0.15, -0.1) is 0 Å². The number of ether oxygens (including phenoxy) is 2. The molecule has 2 aromatic carbocycles. The molecule has 35 heavy (non-hydrogen) atoms. The van der Waals surface area contributed by atoms with Crippen molar-refractivity contribution >= 4 is 0 Å². The quantitative estimate of drug-likeness (QED) is 0.358. The number of rotatable bonds is 7. The zero-order valence-electron chi connectivity index (χ0n) is 20.2. The number of aryl methyl sites for hydroxylation is 1. The highest BCUT2D eigenvalue weighted by Crippen LogP contribution is 2.67. The minimum Gasteiger partial charge on any atom is -0.632 e. The lowest BCUT2D eigenvalue weighted by Gasteiger charge is -2.69. The predicted octanol–water partition coefficient (Wildman–Crippen LogP) is 3.99. The number of benzene rings is 2. The number of aromatic hydroxyl groups is 1. The number of aliphatic hydroxyl groups is 1. The van der Waals surface area contributed by atoms with E-state index in [9.17, 15) is 15.4 Å². The van der Waals surface area contributed by atoms with E-state index in [-0.39, 0.29) is 16.4 Å². The molecular formula is C29H35NO5. The van der Waals surface area contributed by atoms with Crippen molar-refractivity contribution < 1.29 is 24.3 Å². The summed E-state index contributed by atoms with van der Waals surface area (Å²) in [5.74, 6) is 1.16. The Labute approximate surface area is 206 Å². The molecule has 1 saturated heterocycles. The molecule has 0 amide bonds. The summed E-state index contributed by atoms with van der Waals surface area (Å²) in [5.41, 5.74) is 2.13. The van der Waals surface area contributed by atoms with Crippen LogP contribution in [0.25, 0.3) is 0 Å². The second-order valence-corrected chi connectivity index (χ2v) is 11.7. The maximum Gasteiger partial charge on any atom is 0.165 e. The first-order valence-electron chi connectivity index (χ1n) is 13.4. The van der Waals surface area contributed by atoms with Crippen LogP contribution in [0.4, 0.5) is 0 Å². The number of phenolic OH excluding ortho intramolecular Hbond substituents is 1. The van der Waals surface area contributed by atoms with Crippen molar-refractivity contribution in [3.05, 3.63) is 64.4 Å². The molecule has 2 N–H and O–H groups in total. The van der Waals surface area contributed by atoms with Crippen molar-refractivity contribution in [3.63, 3.8) is 0 Å². The van der Waals surface area contributed by atoms with Gasteiger partial charge in [-0.3, -0.25) is 0 Å². The maximum atomic E-state index is 14.6. The molecule has 6 heteroatoms. The van der Waals surface area contributed by atoms with Crippen LogP contribution in [0.5, 0.6) is 11.5 Å². The van der Waals surface area contributed by atoms with Crippen LogP contribution < -0.4 is 4.74 Å². The van der Waals surface area contributed by atoms with Crippen LogP contribution in [-0.4, -0.2) is 58.4 Å². The molecule has 1 spiro atoms. The molecule has 6 atom stereocenters. The molecule has 186 valence electrons. The molecule has 5 aliphatic rings. The highest BCUT2D eigenvalue weighted by Gasteiger charge is 2.77. The molecule has 2 heterocycles. The number of hydrogen-bond donors (Lipinski definition) is 2. The lowest BCUT2D eigenvalue weighted by molar-refractivity contribution is -0.924. The molecule has 7 rings (SSSR count). The van der Waals surface area contributed by atoms with Crippen LogP contribution in [0.15, 0.2) is 42.5 Å². The minimum atomic E-state index is -0.686. The fourth-order valence-electron chi connectivity index (χ4n) is 8.17. The molecule has 2 unspecified atom stereocenters. The van der Waals surface area contributed by atoms with E-state index in [2.05, 4.69) is 24.3 Å². The number of nitrogens with zero attached hydrogens (tertiary/aromatic N) is 1. The van der Waals surface area contributed by atoms with Crippen LogP contribution in [0.2, 0.25) is 0 Å². The Balaban J connectivity index is 1.30. The lowest BCUT2D eigenvalue weighted by Crippen LogP contribution is -2.81. The molecule has 2 saturated carbocycles. The monoisotopic (exact) mass is 477 g/mol. The third-order valence-electron chi connectivity index (χ3n) is 9.80. The first-order chi connectivity index (χ1) is 17.0. The fraction of sp³-hybridized carbons (Fsp3) is 0.586. The number of hydrogen-bond acceptors (Lipinski definition) is 5. The van der Waals surface area contributed by atoms with Gasteiger partial charge in [-0.25, -0.2) is 0 Å². The van der Waals surface area contributed by atoms with E-state index in [1.807, 2.05) is 12.1 Å². The summed E-state index contributed by atoms with van der Waals surface area (Å²) >= 11 is 0. The highest BCUT2D eigenvalue weighted by atomic mass is 16.6. The SMILES string of the molecule is [O-][N+]1(CC2CC2)CCC23c4c5ccc(O)c4O[C@H]2[C@@H](O)CC[C@@]3(OCCCc2ccccc2)[C@H]1C5. The smallest absolute Gasteiger partial charge is 0.165 e. The highest BCUT2D eigenvalue weighted by molar-refractivity contribution is 5.62. The van der Waals surface area contributed by atoms with E-state index in [4.69, 9.17) is 9.47 Å². The second kappa shape index (κ2) is 7.69. The van der Waals surface area contributed by atoms with Gasteiger partial charge < -0.3 is 29.5 Å². The average molecular weight is 478 g/mol. The lowest BCUT2D eigenvalue weighted by atomic mass is 9.48. The summed E-state index contributed by atoms with van der Waals surface area (Å²) in [6.45, 7) is 1.77. The number of aliphatic hydroxyl groups excluding tert-OH is 1. The molecule has 3 fully saturated rings. The van der Waals surface area contributed by atoms with Crippen LogP contribution in [0.3, 0.4) is 0 Å². The third kappa shape index (κ3) is 3.03. The summed E-state index contributed by atoms with van der Waals surface area (Å²) in [6, 6.07) is 13.9. The van der Waals surface area contributed by atoms with Gasteiger partial charge in [-0.2, -0.15) is 0 Å². The largest absolute Gasteiger partial charge is 0.632 e. The Hall–Kier alpha value is -2.12. The first-order valence-corrected chi connectivity index (χ1v) is 13.4. The number of quaternary nitrogens is 1. The number of hydroxylamine groups is 3. The molecular weight excluding hydrogens is 442 g/mol. The van der Waals surface area contributed by atoms with Gasteiger partial charge in [0, 0.05) is 30.9 Å². The van der Waals surface area contributed by atoms with E-state index in [1.54, 1.807) is 6.07 Å². The summed E-state index contributed by atoms with van der Waals surface area (Å²) in [4.78, 5) is 0. The van der Waals surface area contributed by atoms with E-state index in [0.717, 1.165) is 36.8 Å². The molecule has 0 radical (unpaired) electrons. The van der Waals surface area contributed by atoms with Gasteiger partial charge in [0.2, 0.25) is 0 Å². The van der Waals surface area contributed by atoms with E-state index in [1.165, 1.54) is 5.56 Å². The third-order valence-corrected chi connectivity index (χ3v) is 9.80. The van der Waals surface area contributed by atoms with E-state index >= 15 is 0 Å². The number of phenols is 1. The summed E-state index contributed by atoms with van der Waals surface area (Å²) in [7, 11) is 0. The van der Waals surface area contributed by atoms with Crippen molar-refractivity contribution in [2.75, 3.05) is 19.7 Å². The molecule has 6 nitrogen and oxygen atoms in total. The summed E-state index contributed by atoms with van der Waals surface area (Å²) < 4.78 is 13.2. The maximum absolute atomic E-state index is 14.6. The second-order valence-electron chi connectivity index (χ2n) is 11.7. The Bertz CT molecular complexity index is 1140. The molecule has 2 bridgehead atoms. The van der Waals surface area contributed by atoms with Crippen molar-refractivity contribution in [2.24, 2.45) is 5.92 Å². The Morgan fingerprint density at radius 2 is 1.91 bits per heavy atom. The van der Waals surface area contributed by atoms with Gasteiger partial charge in [-0.1, -0.05) is 36.4 Å². The molecule has 0 aromatic heterocycles. The normalized spacial score (nSPS) is 38.6. The predicted molar refractivity (Wildman–Crippen MR) is 131 cm³/mol. The van der Waals surface area contributed by atoms with Gasteiger partial charge in [0.05, 0.1) is 24.6 Å². The first kappa shape index (κ1) is 22.1. The molecule has 3 aliphatic carbocycles. The number of piperidine rings is 1. The zero-order chi connectivity index (χ0) is 23.8. The van der Waals surface area contributed by atoms with Crippen molar-refractivity contribution in [1.29, 1.82) is 0 Å². The Morgan fingerprint density at radius 1 is 1.09 bits per heavy atom. The van der Waals surface area contributed by atoms with Gasteiger partial charge in [0.15, 0.2) is 11.5 Å². The number of likely N-dealkylation sites (tertiary alicyclic amines) is 1. The van der Waals surface area contributed by atoms with Crippen LogP contribution in [-0.2, 0) is 23.0 Å². The molecule has 2 aliphatic heterocycles. The Morgan fingerprint density at radius 3 is 2.71 bits per heavy atom. The summed E-state index contributed by atoms with van der Waals surface area (Å²) in [6.07, 6.45) is 5.49. The van der Waals surface area contributed by atoms with Crippen molar-refractivity contribution in [1.82, 2.24) is 0 Å². The van der Waals surface area contributed by atoms with Crippen LogP contribution in [0, 0.1) is 11.1 Å². The summed E-state index contributed by atoms with van der Waals surface area (Å²) in [5, 5.41) is 36.5. The van der Waals surface area contributed by atoms with Gasteiger partial charge in [0.25, 0.3) is 0 Å². The van der Waals surface area contributed by atoms with E-state index < -0.39 is 23.2 Å². The average Bonchev–Trinajstić information content (AvgIpc) is 3.59. The minimum absolute atomic E-state index is 0.127. The molecule has 2 aromatic rings. The fourth-order valence-corrected chi connectivity index (χ4v) is 8.17. The van der Waals surface area contributed by atoms with Crippen LogP contribution in [0.1, 0.15) is 55.2 Å². The van der Waals surface area contributed by atoms with E-state index in [0.29, 0.717) is 57.0 Å². The van der Waals surface area contributed by atoms with Crippen molar-refractivity contribution in [2.45, 2.75) is 80.6 Å². The van der Waals surface area contributed by atoms with Gasteiger partial charge >= 0.3 is 0 Å². The van der Waals surface area contributed by atoms with Gasteiger partial charge in [0.1, 0.15) is 17.7 Å². The van der Waals surface area contributed by atoms with Crippen LogP contribution >= 0.6 is 0 Å².